The Balaban J connectivity index is 0.000000476. The lowest BCUT2D eigenvalue weighted by Crippen LogP contribution is -1.95. The third-order valence-corrected chi connectivity index (χ3v) is 6.92. The minimum Gasteiger partial charge on any atom is -0.497 e. The van der Waals surface area contributed by atoms with Crippen LogP contribution in [0.15, 0.2) is 122 Å². The van der Waals surface area contributed by atoms with Gasteiger partial charge < -0.3 is 19.2 Å². The molecule has 6 rings (SSSR count). The molecule has 0 atom stereocenters. The monoisotopic (exact) mass is 764 g/mol. The molecule has 0 aliphatic rings. The number of hydrogen-bond acceptors (Lipinski definition) is 10. The molecule has 0 spiro atoms. The van der Waals surface area contributed by atoms with Crippen LogP contribution in [0.3, 0.4) is 0 Å². The second kappa shape index (κ2) is 29.5. The van der Waals surface area contributed by atoms with E-state index >= 15 is 0 Å². The largest absolute Gasteiger partial charge is 0.497 e. The van der Waals surface area contributed by atoms with Crippen LogP contribution in [0.5, 0.6) is 23.0 Å². The third kappa shape index (κ3) is 15.9. The summed E-state index contributed by atoms with van der Waals surface area (Å²) in [7, 11) is 3.29. The fourth-order valence-electron chi connectivity index (χ4n) is 4.39. The molecule has 0 N–H and O–H groups in total. The summed E-state index contributed by atoms with van der Waals surface area (Å²) in [6.07, 6.45) is 7.25. The van der Waals surface area contributed by atoms with Crippen LogP contribution in [-0.4, -0.2) is 47.4 Å². The van der Waals surface area contributed by atoms with Crippen molar-refractivity contribution in [3.63, 3.8) is 0 Å². The van der Waals surface area contributed by atoms with E-state index in [1.165, 1.54) is 0 Å². The third-order valence-electron chi connectivity index (χ3n) is 6.92. The minimum atomic E-state index is 0.498. The Morgan fingerprint density at radius 2 is 0.589 bits per heavy atom. The molecule has 4 aromatic carbocycles. The second-order valence-corrected chi connectivity index (χ2v) is 10.1. The van der Waals surface area contributed by atoms with Gasteiger partial charge in [-0.2, -0.15) is 9.78 Å². The molecule has 0 aliphatic carbocycles. The predicted octanol–water partition coefficient (Wildman–Crippen LogP) is 12.4. The van der Waals surface area contributed by atoms with E-state index in [-0.39, 0.29) is 0 Å². The van der Waals surface area contributed by atoms with Crippen LogP contribution in [0.4, 0.5) is 0 Å². The van der Waals surface area contributed by atoms with Crippen molar-refractivity contribution in [2.45, 2.75) is 69.2 Å². The lowest BCUT2D eigenvalue weighted by Gasteiger charge is -2.06. The van der Waals surface area contributed by atoms with Crippen LogP contribution in [0, 0.1) is 0 Å². The highest BCUT2D eigenvalue weighted by Crippen LogP contribution is 2.26. The van der Waals surface area contributed by atoms with Crippen LogP contribution < -0.4 is 19.2 Å². The molecule has 10 nitrogen and oxygen atoms in total. The summed E-state index contributed by atoms with van der Waals surface area (Å²) < 4.78 is 10.3. The van der Waals surface area contributed by atoms with Gasteiger partial charge in [-0.05, 0) is 97.8 Å². The normalized spacial score (nSPS) is 9.36. The average Bonchev–Trinajstić information content (AvgIpc) is 3.31. The molecule has 0 radical (unpaired) electrons. The average molecular weight is 765 g/mol. The van der Waals surface area contributed by atoms with Gasteiger partial charge in [-0.3, -0.25) is 0 Å². The lowest BCUT2D eigenvalue weighted by atomic mass is 10.1. The predicted molar refractivity (Wildman–Crippen MR) is 229 cm³/mol. The van der Waals surface area contributed by atoms with Crippen LogP contribution >= 0.6 is 0 Å². The number of benzene rings is 4. The fraction of sp³-hybridized carbons (Fsp3) is 0.304. The molecule has 10 heteroatoms. The first-order chi connectivity index (χ1) is 27.6. The molecule has 56 heavy (non-hydrogen) atoms. The zero-order valence-electron chi connectivity index (χ0n) is 35.2. The van der Waals surface area contributed by atoms with Crippen molar-refractivity contribution >= 4 is 0 Å². The molecule has 300 valence electrons. The summed E-state index contributed by atoms with van der Waals surface area (Å²) in [5.41, 5.74) is 5.82. The van der Waals surface area contributed by atoms with Crippen molar-refractivity contribution < 1.29 is 29.0 Å². The van der Waals surface area contributed by atoms with Crippen molar-refractivity contribution in [1.82, 2.24) is 19.9 Å². The van der Waals surface area contributed by atoms with Crippen molar-refractivity contribution in [3.8, 4) is 68.0 Å². The van der Waals surface area contributed by atoms with E-state index in [2.05, 4.69) is 19.9 Å². The van der Waals surface area contributed by atoms with Gasteiger partial charge in [-0.1, -0.05) is 79.7 Å². The first-order valence-corrected chi connectivity index (χ1v) is 19.3. The van der Waals surface area contributed by atoms with Gasteiger partial charge in [-0.25, -0.2) is 19.9 Å². The van der Waals surface area contributed by atoms with Gasteiger partial charge in [0.1, 0.15) is 11.5 Å². The lowest BCUT2D eigenvalue weighted by molar-refractivity contribution is -0.202. The molecule has 0 saturated carbocycles. The maximum absolute atomic E-state index is 5.17. The molecule has 6 aromatic rings. The van der Waals surface area contributed by atoms with Crippen LogP contribution in [-0.2, 0) is 9.78 Å². The standard InChI is InChI=1S/2C19H18N2O3.4C2H6/c1-3-23-24-18-10-4-14(5-11-18)16-12-20-19(21-13-16)15-6-8-17(22-2)9-7-15;1-3-23-24-18-10-6-15(7-11-18)19-20-12-16(13-21-19)14-4-8-17(22-2)9-5-14;4*1-2/h2*4-13H,3H2,1-2H3;4*1-2H3. The Labute approximate surface area is 334 Å². The van der Waals surface area contributed by atoms with Crippen molar-refractivity contribution in [2.75, 3.05) is 27.4 Å². The maximum atomic E-state index is 5.17. The smallest absolute Gasteiger partial charge is 0.165 e. The van der Waals surface area contributed by atoms with Crippen molar-refractivity contribution in [3.05, 3.63) is 122 Å². The molecule has 0 unspecified atom stereocenters. The first-order valence-electron chi connectivity index (χ1n) is 19.3. The second-order valence-electron chi connectivity index (χ2n) is 10.1. The van der Waals surface area contributed by atoms with Gasteiger partial charge in [-0.15, -0.1) is 0 Å². The summed E-state index contributed by atoms with van der Waals surface area (Å²) in [6, 6.07) is 30.5. The van der Waals surface area contributed by atoms with E-state index in [1.807, 2.05) is 191 Å². The summed E-state index contributed by atoms with van der Waals surface area (Å²) in [6.45, 7) is 20.7. The fourth-order valence-corrected chi connectivity index (χ4v) is 4.39. The van der Waals surface area contributed by atoms with E-state index in [9.17, 15) is 0 Å². The molecule has 0 fully saturated rings. The first kappa shape index (κ1) is 48.2. The van der Waals surface area contributed by atoms with E-state index in [0.29, 0.717) is 36.4 Å². The number of nitrogens with zero attached hydrogens (tertiary/aromatic N) is 4. The van der Waals surface area contributed by atoms with Crippen LogP contribution in [0.1, 0.15) is 69.2 Å². The molecule has 0 amide bonds. The molecule has 0 saturated heterocycles. The van der Waals surface area contributed by atoms with Crippen LogP contribution in [0.25, 0.3) is 45.0 Å². The SMILES string of the molecule is CC.CC.CC.CC.CCOOc1ccc(-c2cnc(-c3ccc(OC)cc3)nc2)cc1.CCOOc1ccc(-c2ncc(-c3ccc(OC)cc3)cn2)cc1. The van der Waals surface area contributed by atoms with Gasteiger partial charge in [0.2, 0.25) is 0 Å². The summed E-state index contributed by atoms with van der Waals surface area (Å²) in [5, 5.41) is 0. The van der Waals surface area contributed by atoms with Gasteiger partial charge >= 0.3 is 0 Å². The van der Waals surface area contributed by atoms with Gasteiger partial charge in [0.25, 0.3) is 0 Å². The van der Waals surface area contributed by atoms with E-state index in [1.54, 1.807) is 14.2 Å². The Morgan fingerprint density at radius 3 is 0.839 bits per heavy atom. The minimum absolute atomic E-state index is 0.498. The van der Waals surface area contributed by atoms with Crippen LogP contribution in [0.2, 0.25) is 0 Å². The Morgan fingerprint density at radius 1 is 0.339 bits per heavy atom. The highest BCUT2D eigenvalue weighted by Gasteiger charge is 2.06. The molecule has 2 heterocycles. The molecular formula is C46H60N4O6. The van der Waals surface area contributed by atoms with Gasteiger partial charge in [0.15, 0.2) is 23.1 Å². The molecular weight excluding hydrogens is 705 g/mol. The Bertz CT molecular complexity index is 1680. The molecule has 2 aromatic heterocycles. The Hall–Kier alpha value is -5.84. The Kier molecular flexibility index (Phi) is 25.4. The number of aromatic nitrogens is 4. The van der Waals surface area contributed by atoms with Crippen molar-refractivity contribution in [2.24, 2.45) is 0 Å². The zero-order valence-corrected chi connectivity index (χ0v) is 35.2. The van der Waals surface area contributed by atoms with E-state index < -0.39 is 0 Å². The maximum Gasteiger partial charge on any atom is 0.165 e. The molecule has 0 bridgehead atoms. The highest BCUT2D eigenvalue weighted by molar-refractivity contribution is 5.66. The number of methoxy groups -OCH3 is 2. The summed E-state index contributed by atoms with van der Waals surface area (Å²) in [4.78, 5) is 37.8. The van der Waals surface area contributed by atoms with E-state index in [0.717, 1.165) is 44.9 Å². The number of ether oxygens (including phenoxy) is 2. The van der Waals surface area contributed by atoms with E-state index in [4.69, 9.17) is 29.0 Å². The van der Waals surface area contributed by atoms with Gasteiger partial charge in [0.05, 0.1) is 27.4 Å². The number of rotatable bonds is 12. The number of hydrogen-bond donors (Lipinski definition) is 0. The van der Waals surface area contributed by atoms with Crippen molar-refractivity contribution in [1.29, 1.82) is 0 Å². The zero-order chi connectivity index (χ0) is 41.6. The topological polar surface area (TPSA) is 107 Å². The molecule has 0 aliphatic heterocycles. The van der Waals surface area contributed by atoms with Gasteiger partial charge in [0, 0.05) is 47.0 Å². The highest BCUT2D eigenvalue weighted by atomic mass is 17.2. The quantitative estimate of drug-likeness (QED) is 0.0882. The summed E-state index contributed by atoms with van der Waals surface area (Å²) >= 11 is 0. The summed E-state index contributed by atoms with van der Waals surface area (Å²) in [5.74, 6) is 4.29.